The van der Waals surface area contributed by atoms with Crippen molar-refractivity contribution in [3.63, 3.8) is 0 Å². The first-order chi connectivity index (χ1) is 6.06. The predicted molar refractivity (Wildman–Crippen MR) is 62.6 cm³/mol. The van der Waals surface area contributed by atoms with E-state index >= 15 is 0 Å². The maximum absolute atomic E-state index is 9.55. The highest BCUT2D eigenvalue weighted by Gasteiger charge is 2.12. The molecule has 0 saturated heterocycles. The molecule has 0 radical (unpaired) electrons. The van der Waals surface area contributed by atoms with Gasteiger partial charge in [-0.25, -0.2) is 0 Å². The fraction of sp³-hybridized carbons (Fsp3) is 0.333. The minimum Gasteiger partial charge on any atom is -0.506 e. The van der Waals surface area contributed by atoms with Crippen LogP contribution in [0.15, 0.2) is 12.1 Å². The van der Waals surface area contributed by atoms with E-state index in [-0.39, 0.29) is 29.2 Å². The number of hydrogen-bond acceptors (Lipinski definition) is 2. The molecule has 0 unspecified atom stereocenters. The van der Waals surface area contributed by atoms with E-state index in [0.717, 1.165) is 6.42 Å². The van der Waals surface area contributed by atoms with Crippen molar-refractivity contribution < 1.29 is 5.11 Å². The summed E-state index contributed by atoms with van der Waals surface area (Å²) in [6.07, 6.45) is 0.726. The molecule has 0 saturated carbocycles. The van der Waals surface area contributed by atoms with Gasteiger partial charge in [0.2, 0.25) is 0 Å². The molecule has 1 aromatic carbocycles. The van der Waals surface area contributed by atoms with Crippen LogP contribution in [-0.4, -0.2) is 5.11 Å². The van der Waals surface area contributed by atoms with E-state index in [1.54, 1.807) is 6.07 Å². The van der Waals surface area contributed by atoms with Crippen molar-refractivity contribution in [3.8, 4) is 5.75 Å². The van der Waals surface area contributed by atoms with Gasteiger partial charge >= 0.3 is 0 Å². The summed E-state index contributed by atoms with van der Waals surface area (Å²) in [7, 11) is 0. The second-order valence-electron chi connectivity index (χ2n) is 2.84. The first-order valence-corrected chi connectivity index (χ1v) is 4.75. The maximum Gasteiger partial charge on any atom is 0.139 e. The molecule has 0 aliphatic rings. The van der Waals surface area contributed by atoms with Crippen LogP contribution < -0.4 is 5.73 Å². The molecule has 0 aromatic heterocycles. The summed E-state index contributed by atoms with van der Waals surface area (Å²) >= 11 is 11.5. The van der Waals surface area contributed by atoms with Crippen LogP contribution in [-0.2, 0) is 0 Å². The normalized spacial score (nSPS) is 12.0. The van der Waals surface area contributed by atoms with E-state index < -0.39 is 0 Å². The zero-order valence-corrected chi connectivity index (χ0v) is 9.96. The van der Waals surface area contributed by atoms with E-state index in [9.17, 15) is 5.11 Å². The lowest BCUT2D eigenvalue weighted by Crippen LogP contribution is -2.08. The number of phenols is 1. The Morgan fingerprint density at radius 1 is 1.43 bits per heavy atom. The van der Waals surface area contributed by atoms with Gasteiger partial charge in [-0.15, -0.1) is 12.4 Å². The Balaban J connectivity index is 0.00000169. The van der Waals surface area contributed by atoms with Gasteiger partial charge in [0.15, 0.2) is 0 Å². The van der Waals surface area contributed by atoms with Crippen LogP contribution in [0.5, 0.6) is 5.75 Å². The molecular formula is C9H12Cl3NO. The largest absolute Gasteiger partial charge is 0.506 e. The fourth-order valence-corrected chi connectivity index (χ4v) is 1.60. The third-order valence-electron chi connectivity index (χ3n) is 1.90. The molecule has 1 atom stereocenters. The zero-order valence-electron chi connectivity index (χ0n) is 7.63. The lowest BCUT2D eigenvalue weighted by molar-refractivity contribution is 0.460. The quantitative estimate of drug-likeness (QED) is 0.850. The Bertz CT molecular complexity index is 317. The first-order valence-electron chi connectivity index (χ1n) is 3.99. The third-order valence-corrected chi connectivity index (χ3v) is 2.40. The molecule has 0 aliphatic heterocycles. The Hall–Kier alpha value is -0.150. The number of nitrogens with two attached hydrogens (primary N) is 1. The highest BCUT2D eigenvalue weighted by molar-refractivity contribution is 6.35. The summed E-state index contributed by atoms with van der Waals surface area (Å²) in [6.45, 7) is 1.93. The SMILES string of the molecule is CC[C@H](N)c1cc(Cl)cc(Cl)c1O.Cl. The molecule has 1 aromatic rings. The second kappa shape index (κ2) is 5.66. The molecule has 0 bridgehead atoms. The Morgan fingerprint density at radius 2 is 2.00 bits per heavy atom. The van der Waals surface area contributed by atoms with Crippen LogP contribution in [0, 0.1) is 0 Å². The Labute approximate surface area is 99.4 Å². The molecule has 0 spiro atoms. The van der Waals surface area contributed by atoms with Crippen LogP contribution in [0.1, 0.15) is 24.9 Å². The van der Waals surface area contributed by atoms with Crippen molar-refractivity contribution in [2.45, 2.75) is 19.4 Å². The van der Waals surface area contributed by atoms with Crippen molar-refractivity contribution in [1.82, 2.24) is 0 Å². The predicted octanol–water partition coefficient (Wildman–Crippen LogP) is 3.53. The van der Waals surface area contributed by atoms with Crippen molar-refractivity contribution in [1.29, 1.82) is 0 Å². The maximum atomic E-state index is 9.55. The van der Waals surface area contributed by atoms with E-state index in [2.05, 4.69) is 0 Å². The number of phenolic OH excluding ortho intramolecular Hbond substituents is 1. The number of hydrogen-bond donors (Lipinski definition) is 2. The summed E-state index contributed by atoms with van der Waals surface area (Å²) in [4.78, 5) is 0. The summed E-state index contributed by atoms with van der Waals surface area (Å²) in [5.74, 6) is 0.0282. The average Bonchev–Trinajstić information content (AvgIpc) is 2.10. The lowest BCUT2D eigenvalue weighted by Gasteiger charge is -2.12. The van der Waals surface area contributed by atoms with Crippen molar-refractivity contribution in [2.24, 2.45) is 5.73 Å². The molecule has 0 heterocycles. The molecule has 0 aliphatic carbocycles. The van der Waals surface area contributed by atoms with Crippen molar-refractivity contribution in [2.75, 3.05) is 0 Å². The highest BCUT2D eigenvalue weighted by Crippen LogP contribution is 2.34. The number of rotatable bonds is 2. The first kappa shape index (κ1) is 13.8. The standard InChI is InChI=1S/C9H11Cl2NO.ClH/c1-2-8(12)6-3-5(10)4-7(11)9(6)13;/h3-4,8,13H,2,12H2,1H3;1H/t8-;/m0./s1. The fourth-order valence-electron chi connectivity index (χ4n) is 1.09. The lowest BCUT2D eigenvalue weighted by atomic mass is 10.0. The van der Waals surface area contributed by atoms with E-state index in [1.807, 2.05) is 6.92 Å². The van der Waals surface area contributed by atoms with Crippen LogP contribution in [0.2, 0.25) is 10.0 Å². The molecule has 14 heavy (non-hydrogen) atoms. The molecule has 5 heteroatoms. The molecular weight excluding hydrogens is 244 g/mol. The summed E-state index contributed by atoms with van der Waals surface area (Å²) in [6, 6.07) is 2.90. The van der Waals surface area contributed by atoms with E-state index in [1.165, 1.54) is 6.07 Å². The zero-order chi connectivity index (χ0) is 10.0. The van der Waals surface area contributed by atoms with Crippen molar-refractivity contribution >= 4 is 35.6 Å². The Morgan fingerprint density at radius 3 is 2.50 bits per heavy atom. The molecule has 2 nitrogen and oxygen atoms in total. The van der Waals surface area contributed by atoms with Gasteiger partial charge in [-0.3, -0.25) is 0 Å². The minimum atomic E-state index is -0.226. The smallest absolute Gasteiger partial charge is 0.139 e. The van der Waals surface area contributed by atoms with Gasteiger partial charge in [-0.1, -0.05) is 30.1 Å². The summed E-state index contributed by atoms with van der Waals surface area (Å²) < 4.78 is 0. The van der Waals surface area contributed by atoms with Crippen LogP contribution in [0.3, 0.4) is 0 Å². The topological polar surface area (TPSA) is 46.2 Å². The monoisotopic (exact) mass is 255 g/mol. The summed E-state index contributed by atoms with van der Waals surface area (Å²) in [5, 5.41) is 10.3. The molecule has 80 valence electrons. The van der Waals surface area contributed by atoms with E-state index in [4.69, 9.17) is 28.9 Å². The van der Waals surface area contributed by atoms with Gasteiger partial charge in [0, 0.05) is 16.6 Å². The number of aromatic hydroxyl groups is 1. The van der Waals surface area contributed by atoms with Gasteiger partial charge in [0.25, 0.3) is 0 Å². The van der Waals surface area contributed by atoms with Gasteiger partial charge < -0.3 is 10.8 Å². The van der Waals surface area contributed by atoms with Gasteiger partial charge in [0.1, 0.15) is 5.75 Å². The summed E-state index contributed by atoms with van der Waals surface area (Å²) in [5.41, 5.74) is 6.35. The molecule has 0 amide bonds. The average molecular weight is 257 g/mol. The van der Waals surface area contributed by atoms with Crippen molar-refractivity contribution in [3.05, 3.63) is 27.7 Å². The van der Waals surface area contributed by atoms with Gasteiger partial charge in [-0.05, 0) is 18.6 Å². The van der Waals surface area contributed by atoms with Crippen LogP contribution >= 0.6 is 35.6 Å². The number of benzene rings is 1. The van der Waals surface area contributed by atoms with Crippen LogP contribution in [0.4, 0.5) is 0 Å². The third kappa shape index (κ3) is 2.92. The Kier molecular flexibility index (Phi) is 5.60. The molecule has 1 rings (SSSR count). The van der Waals surface area contributed by atoms with Crippen LogP contribution in [0.25, 0.3) is 0 Å². The molecule has 0 fully saturated rings. The van der Waals surface area contributed by atoms with Gasteiger partial charge in [0.05, 0.1) is 5.02 Å². The highest BCUT2D eigenvalue weighted by atomic mass is 35.5. The molecule has 3 N–H and O–H groups in total. The second-order valence-corrected chi connectivity index (χ2v) is 3.68. The van der Waals surface area contributed by atoms with Gasteiger partial charge in [-0.2, -0.15) is 0 Å². The number of halogens is 3. The minimum absolute atomic E-state index is 0. The van der Waals surface area contributed by atoms with E-state index in [0.29, 0.717) is 10.6 Å².